The Hall–Kier alpha value is -3.18. The number of piperidine rings is 1. The number of fused-ring (bicyclic) bond motifs is 2. The normalized spacial score (nSPS) is 28.4. The molecule has 4 aliphatic rings. The number of benzene rings is 1. The van der Waals surface area contributed by atoms with Crippen LogP contribution in [0.2, 0.25) is 0 Å². The summed E-state index contributed by atoms with van der Waals surface area (Å²) in [5, 5.41) is 0. The number of H-pyrrole nitrogens is 1. The number of carbonyl (C=O) groups excluding carboxylic acids is 1. The topological polar surface area (TPSA) is 106 Å². The molecule has 2 aromatic heterocycles. The van der Waals surface area contributed by atoms with Crippen LogP contribution < -0.4 is 10.5 Å². The molecule has 7 rings (SSSR count). The van der Waals surface area contributed by atoms with E-state index in [9.17, 15) is 18.0 Å². The number of hydrogen-bond donors (Lipinski definition) is 2. The largest absolute Gasteiger partial charge is 0.573 e. The van der Waals surface area contributed by atoms with Gasteiger partial charge in [-0.1, -0.05) is 0 Å². The van der Waals surface area contributed by atoms with Gasteiger partial charge < -0.3 is 25.1 Å². The molecule has 0 radical (unpaired) electrons. The zero-order chi connectivity index (χ0) is 25.3. The first-order valence-electron chi connectivity index (χ1n) is 12.0. The molecule has 5 heterocycles. The minimum absolute atomic E-state index is 0.181. The van der Waals surface area contributed by atoms with Crippen LogP contribution >= 0.6 is 0 Å². The van der Waals surface area contributed by atoms with Crippen molar-refractivity contribution in [1.82, 2.24) is 19.9 Å². The number of aromatic amines is 1. The molecule has 1 aliphatic carbocycles. The summed E-state index contributed by atoms with van der Waals surface area (Å²) < 4.78 is 47.2. The molecule has 1 amide bonds. The van der Waals surface area contributed by atoms with Gasteiger partial charge in [0.15, 0.2) is 5.65 Å². The second kappa shape index (κ2) is 7.91. The molecule has 3 aliphatic heterocycles. The van der Waals surface area contributed by atoms with Crippen molar-refractivity contribution < 1.29 is 27.4 Å². The van der Waals surface area contributed by atoms with E-state index in [-0.39, 0.29) is 29.3 Å². The number of imidazole rings is 1. The lowest BCUT2D eigenvalue weighted by atomic mass is 9.67. The highest BCUT2D eigenvalue weighted by atomic mass is 19.4. The number of likely N-dealkylation sites (tertiary alicyclic amines) is 1. The maximum atomic E-state index is 12.9. The van der Waals surface area contributed by atoms with Gasteiger partial charge >= 0.3 is 6.36 Å². The van der Waals surface area contributed by atoms with Gasteiger partial charge in [0.25, 0.3) is 5.91 Å². The van der Waals surface area contributed by atoms with E-state index in [1.54, 1.807) is 11.1 Å². The maximum absolute atomic E-state index is 12.9. The third kappa shape index (κ3) is 4.00. The second-order valence-electron chi connectivity index (χ2n) is 10.4. The molecule has 1 saturated carbocycles. The Bertz CT molecular complexity index is 1310. The lowest BCUT2D eigenvalue weighted by Crippen LogP contribution is -2.54. The van der Waals surface area contributed by atoms with Crippen molar-refractivity contribution in [2.75, 3.05) is 13.1 Å². The summed E-state index contributed by atoms with van der Waals surface area (Å²) in [5.74, 6) is 0.347. The minimum Gasteiger partial charge on any atom is -0.406 e. The Labute approximate surface area is 205 Å². The molecular formula is C25H26F3N5O3. The Kier molecular flexibility index (Phi) is 5.10. The minimum atomic E-state index is -4.77. The molecule has 3 aromatic rings. The van der Waals surface area contributed by atoms with E-state index in [0.717, 1.165) is 48.9 Å². The summed E-state index contributed by atoms with van der Waals surface area (Å²) in [6.07, 6.45) is -0.189. The number of halogens is 3. The second-order valence-corrected chi connectivity index (χ2v) is 10.4. The highest BCUT2D eigenvalue weighted by molar-refractivity contribution is 5.94. The fourth-order valence-corrected chi connectivity index (χ4v) is 6.13. The van der Waals surface area contributed by atoms with Crippen LogP contribution in [-0.2, 0) is 4.74 Å². The molecule has 4 fully saturated rings. The number of ether oxygens (including phenoxy) is 2. The average molecular weight is 502 g/mol. The van der Waals surface area contributed by atoms with Crippen molar-refractivity contribution in [3.8, 4) is 5.75 Å². The van der Waals surface area contributed by atoms with Crippen molar-refractivity contribution in [2.24, 2.45) is 5.73 Å². The van der Waals surface area contributed by atoms with E-state index >= 15 is 0 Å². The first-order chi connectivity index (χ1) is 17.0. The first kappa shape index (κ1) is 23.2. The molecule has 3 N–H and O–H groups in total. The molecule has 8 nitrogen and oxygen atoms in total. The predicted molar refractivity (Wildman–Crippen MR) is 123 cm³/mol. The molecule has 11 heteroatoms. The summed E-state index contributed by atoms with van der Waals surface area (Å²) in [6, 6.07) is 7.00. The van der Waals surface area contributed by atoms with Crippen LogP contribution in [0.4, 0.5) is 13.2 Å². The molecule has 2 bridgehead atoms. The van der Waals surface area contributed by atoms with E-state index < -0.39 is 11.9 Å². The average Bonchev–Trinajstić information content (AvgIpc) is 3.44. The molecule has 1 atom stereocenters. The van der Waals surface area contributed by atoms with Gasteiger partial charge in [-0.3, -0.25) is 4.79 Å². The van der Waals surface area contributed by atoms with Crippen molar-refractivity contribution in [3.63, 3.8) is 0 Å². The summed E-state index contributed by atoms with van der Waals surface area (Å²) in [6.45, 7) is 3.14. The van der Waals surface area contributed by atoms with Crippen molar-refractivity contribution in [2.45, 2.75) is 62.1 Å². The molecule has 1 unspecified atom stereocenters. The standard InChI is InChI=1S/C25H26F3N5O3/c1-23-12-24(29,13-23)19(36-23)21-31-18-17(6-9-30-20(18)32-21)14-7-10-33(11-8-14)22(34)15-2-4-16(5-3-15)35-25(26,27)28/h2-6,9,14,19H,7-8,10-13,29H2,1H3,(H,30,31,32). The molecule has 36 heavy (non-hydrogen) atoms. The summed E-state index contributed by atoms with van der Waals surface area (Å²) >= 11 is 0. The zero-order valence-corrected chi connectivity index (χ0v) is 19.6. The van der Waals surface area contributed by atoms with Crippen molar-refractivity contribution in [1.29, 1.82) is 0 Å². The van der Waals surface area contributed by atoms with Crippen LogP contribution in [0, 0.1) is 0 Å². The fourth-order valence-electron chi connectivity index (χ4n) is 6.13. The Morgan fingerprint density at radius 3 is 2.50 bits per heavy atom. The number of nitrogens with one attached hydrogen (secondary N) is 1. The Morgan fingerprint density at radius 1 is 1.19 bits per heavy atom. The van der Waals surface area contributed by atoms with E-state index in [0.29, 0.717) is 30.1 Å². The van der Waals surface area contributed by atoms with Crippen molar-refractivity contribution >= 4 is 17.1 Å². The maximum Gasteiger partial charge on any atom is 0.573 e. The van der Waals surface area contributed by atoms with Gasteiger partial charge in [0.2, 0.25) is 0 Å². The van der Waals surface area contributed by atoms with E-state index in [1.165, 1.54) is 12.1 Å². The number of amides is 1. The van der Waals surface area contributed by atoms with Crippen molar-refractivity contribution in [3.05, 3.63) is 53.5 Å². The third-order valence-corrected chi connectivity index (χ3v) is 7.58. The summed E-state index contributed by atoms with van der Waals surface area (Å²) in [5.41, 5.74) is 8.88. The fraction of sp³-hybridized carbons (Fsp3) is 0.480. The summed E-state index contributed by atoms with van der Waals surface area (Å²) in [7, 11) is 0. The van der Waals surface area contributed by atoms with E-state index in [2.05, 4.69) is 21.6 Å². The van der Waals surface area contributed by atoms with Gasteiger partial charge in [0.05, 0.1) is 16.7 Å². The van der Waals surface area contributed by atoms with Gasteiger partial charge in [-0.15, -0.1) is 13.2 Å². The van der Waals surface area contributed by atoms with Crippen LogP contribution in [0.3, 0.4) is 0 Å². The van der Waals surface area contributed by atoms with Gasteiger partial charge in [-0.25, -0.2) is 9.97 Å². The van der Waals surface area contributed by atoms with E-state index in [1.807, 2.05) is 6.07 Å². The van der Waals surface area contributed by atoms with Crippen LogP contribution in [0.25, 0.3) is 11.2 Å². The summed E-state index contributed by atoms with van der Waals surface area (Å²) in [4.78, 5) is 27.2. The van der Waals surface area contributed by atoms with E-state index in [4.69, 9.17) is 15.5 Å². The molecule has 0 spiro atoms. The molecule has 3 saturated heterocycles. The lowest BCUT2D eigenvalue weighted by molar-refractivity contribution is -0.274. The zero-order valence-electron chi connectivity index (χ0n) is 19.6. The lowest BCUT2D eigenvalue weighted by Gasteiger charge is -2.39. The van der Waals surface area contributed by atoms with Gasteiger partial charge in [0.1, 0.15) is 17.7 Å². The third-order valence-electron chi connectivity index (χ3n) is 7.58. The molecular weight excluding hydrogens is 475 g/mol. The quantitative estimate of drug-likeness (QED) is 0.555. The van der Waals surface area contributed by atoms with Gasteiger partial charge in [0, 0.05) is 24.8 Å². The number of hydrogen-bond acceptors (Lipinski definition) is 6. The number of rotatable bonds is 4. The number of carbonyl (C=O) groups is 1. The van der Waals surface area contributed by atoms with Crippen LogP contribution in [0.1, 0.15) is 66.4 Å². The number of nitrogens with zero attached hydrogens (tertiary/aromatic N) is 3. The Morgan fingerprint density at radius 2 is 1.89 bits per heavy atom. The predicted octanol–water partition coefficient (Wildman–Crippen LogP) is 4.20. The van der Waals surface area contributed by atoms with Crippen LogP contribution in [0.5, 0.6) is 5.75 Å². The number of alkyl halides is 3. The number of nitrogens with two attached hydrogens (primary N) is 1. The van der Waals surface area contributed by atoms with Gasteiger partial charge in [-0.05, 0) is 74.4 Å². The monoisotopic (exact) mass is 501 g/mol. The van der Waals surface area contributed by atoms with Crippen LogP contribution in [-0.4, -0.2) is 56.4 Å². The smallest absolute Gasteiger partial charge is 0.406 e. The first-order valence-corrected chi connectivity index (χ1v) is 12.0. The Balaban J connectivity index is 1.14. The number of pyridine rings is 1. The SMILES string of the molecule is CC12CC(N)(C1)C(c1nc3nccc(C4CCN(C(=O)c5ccc(OC(F)(F)F)cc5)CC4)c3[nH]1)O2. The molecule has 190 valence electrons. The highest BCUT2D eigenvalue weighted by Crippen LogP contribution is 2.59. The number of aromatic nitrogens is 3. The van der Waals surface area contributed by atoms with Gasteiger partial charge in [-0.2, -0.15) is 0 Å². The van der Waals surface area contributed by atoms with Crippen LogP contribution in [0.15, 0.2) is 36.5 Å². The molecule has 1 aromatic carbocycles. The highest BCUT2D eigenvalue weighted by Gasteiger charge is 2.65.